The van der Waals surface area contributed by atoms with Gasteiger partial charge in [-0.2, -0.15) is 0 Å². The molecule has 19 heavy (non-hydrogen) atoms. The molecule has 0 bridgehead atoms. The summed E-state index contributed by atoms with van der Waals surface area (Å²) in [7, 11) is 0. The Kier molecular flexibility index (Phi) is 5.53. The van der Waals surface area contributed by atoms with E-state index >= 15 is 0 Å². The topological polar surface area (TPSA) is 29.1 Å². The second-order valence-corrected chi connectivity index (χ2v) is 5.82. The molecule has 2 nitrogen and oxygen atoms in total. The molecule has 0 fully saturated rings. The molecule has 0 aromatic heterocycles. The van der Waals surface area contributed by atoms with Crippen molar-refractivity contribution in [3.05, 3.63) is 35.0 Å². The smallest absolute Gasteiger partial charge is 0.243 e. The van der Waals surface area contributed by atoms with Crippen LogP contribution in [0.4, 0.5) is 0 Å². The van der Waals surface area contributed by atoms with Gasteiger partial charge in [-0.15, -0.1) is 11.6 Å². The van der Waals surface area contributed by atoms with E-state index in [1.165, 1.54) is 0 Å². The number of carbonyl (C=O) groups excluding carboxylic acids is 1. The van der Waals surface area contributed by atoms with Gasteiger partial charge in [0.05, 0.1) is 0 Å². The first-order valence-electron chi connectivity index (χ1n) is 6.83. The van der Waals surface area contributed by atoms with Crippen molar-refractivity contribution in [3.63, 3.8) is 0 Å². The van der Waals surface area contributed by atoms with Crippen LogP contribution in [0.1, 0.15) is 38.5 Å². The summed E-state index contributed by atoms with van der Waals surface area (Å²) in [6.45, 7) is 0. The molecule has 4 heteroatoms. The maximum atomic E-state index is 11.7. The fourth-order valence-corrected chi connectivity index (χ4v) is 3.23. The van der Waals surface area contributed by atoms with E-state index in [-0.39, 0.29) is 11.8 Å². The SMILES string of the molecule is O=C1NC(Cl)=C2CC/C=C\CC/C=C/CC[C@@H]2[C@H]1Cl. The van der Waals surface area contributed by atoms with E-state index in [0.29, 0.717) is 5.16 Å². The summed E-state index contributed by atoms with van der Waals surface area (Å²) < 4.78 is 0. The lowest BCUT2D eigenvalue weighted by atomic mass is 9.85. The third-order valence-corrected chi connectivity index (χ3v) is 4.46. The number of hydrogen-bond donors (Lipinski definition) is 1. The van der Waals surface area contributed by atoms with Gasteiger partial charge < -0.3 is 5.32 Å². The summed E-state index contributed by atoms with van der Waals surface area (Å²) in [6, 6.07) is 0. The minimum Gasteiger partial charge on any atom is -0.315 e. The summed E-state index contributed by atoms with van der Waals surface area (Å²) in [5.74, 6) is -0.118. The molecule has 0 saturated carbocycles. The number of nitrogens with one attached hydrogen (secondary N) is 1. The Hall–Kier alpha value is -0.730. The van der Waals surface area contributed by atoms with E-state index in [4.69, 9.17) is 23.2 Å². The molecule has 1 heterocycles. The molecular formula is C15H19Cl2NO. The van der Waals surface area contributed by atoms with Crippen LogP contribution in [0.15, 0.2) is 35.0 Å². The van der Waals surface area contributed by atoms with Crippen LogP contribution in [0.5, 0.6) is 0 Å². The molecule has 2 aliphatic rings. The summed E-state index contributed by atoms with van der Waals surface area (Å²) in [5.41, 5.74) is 1.10. The molecule has 0 aromatic carbocycles. The number of hydrogen-bond acceptors (Lipinski definition) is 1. The number of halogens is 2. The monoisotopic (exact) mass is 299 g/mol. The molecule has 0 unspecified atom stereocenters. The average Bonchev–Trinajstić information content (AvgIpc) is 2.37. The van der Waals surface area contributed by atoms with Crippen LogP contribution < -0.4 is 5.32 Å². The van der Waals surface area contributed by atoms with E-state index in [2.05, 4.69) is 29.6 Å². The van der Waals surface area contributed by atoms with Crippen LogP contribution in [0.3, 0.4) is 0 Å². The van der Waals surface area contributed by atoms with Crippen LogP contribution in [0.25, 0.3) is 0 Å². The Bertz CT molecular complexity index is 426. The molecule has 1 N–H and O–H groups in total. The quantitative estimate of drug-likeness (QED) is 0.404. The summed E-state index contributed by atoms with van der Waals surface area (Å²) in [4.78, 5) is 11.7. The Morgan fingerprint density at radius 1 is 1.05 bits per heavy atom. The van der Waals surface area contributed by atoms with Gasteiger partial charge in [0.1, 0.15) is 10.5 Å². The zero-order chi connectivity index (χ0) is 13.7. The van der Waals surface area contributed by atoms with E-state index in [9.17, 15) is 4.79 Å². The van der Waals surface area contributed by atoms with Gasteiger partial charge in [-0.3, -0.25) is 4.79 Å². The van der Waals surface area contributed by atoms with E-state index in [0.717, 1.165) is 44.1 Å². The number of carbonyl (C=O) groups is 1. The van der Waals surface area contributed by atoms with Gasteiger partial charge in [-0.1, -0.05) is 35.9 Å². The maximum absolute atomic E-state index is 11.7. The minimum absolute atomic E-state index is 0.0559. The molecular weight excluding hydrogens is 281 g/mol. The standard InChI is InChI=1S/C15H19Cl2NO/c16-13-11-9-7-5-3-1-2-4-6-8-10-12(11)14(17)18-15(13)19/h3-6,11,13H,1-2,7-10H2,(H,18,19)/b5-3+,6-4-/t11-,13+/m0/s1. The minimum atomic E-state index is -0.502. The van der Waals surface area contributed by atoms with Crippen molar-refractivity contribution >= 4 is 29.1 Å². The Balaban J connectivity index is 2.20. The van der Waals surface area contributed by atoms with Crippen LogP contribution in [0.2, 0.25) is 0 Å². The van der Waals surface area contributed by atoms with Crippen molar-refractivity contribution < 1.29 is 4.79 Å². The van der Waals surface area contributed by atoms with Crippen LogP contribution >= 0.6 is 23.2 Å². The molecule has 104 valence electrons. The fourth-order valence-electron chi connectivity index (χ4n) is 2.57. The van der Waals surface area contributed by atoms with Gasteiger partial charge in [0.15, 0.2) is 0 Å². The van der Waals surface area contributed by atoms with Gasteiger partial charge in [-0.05, 0) is 44.1 Å². The predicted molar refractivity (Wildman–Crippen MR) is 80.1 cm³/mol. The number of alkyl halides is 1. The zero-order valence-electron chi connectivity index (χ0n) is 10.9. The summed E-state index contributed by atoms with van der Waals surface area (Å²) in [6.07, 6.45) is 14.6. The lowest BCUT2D eigenvalue weighted by molar-refractivity contribution is -0.121. The molecule has 0 saturated heterocycles. The summed E-state index contributed by atoms with van der Waals surface area (Å²) in [5, 5.41) is 2.66. The van der Waals surface area contributed by atoms with E-state index in [1.807, 2.05) is 0 Å². The molecule has 2 atom stereocenters. The molecule has 0 aromatic rings. The Labute approximate surface area is 124 Å². The average molecular weight is 300 g/mol. The first-order chi connectivity index (χ1) is 9.20. The highest BCUT2D eigenvalue weighted by Crippen LogP contribution is 2.35. The Morgan fingerprint density at radius 3 is 2.42 bits per heavy atom. The molecule has 1 amide bonds. The first-order valence-corrected chi connectivity index (χ1v) is 7.65. The van der Waals surface area contributed by atoms with Crippen molar-refractivity contribution in [2.24, 2.45) is 5.92 Å². The second kappa shape index (κ2) is 7.16. The van der Waals surface area contributed by atoms with Crippen molar-refractivity contribution in [2.75, 3.05) is 0 Å². The highest BCUT2D eigenvalue weighted by atomic mass is 35.5. The number of amides is 1. The van der Waals surface area contributed by atoms with Crippen LogP contribution in [-0.2, 0) is 4.79 Å². The Morgan fingerprint density at radius 2 is 1.68 bits per heavy atom. The van der Waals surface area contributed by atoms with Gasteiger partial charge in [-0.25, -0.2) is 0 Å². The van der Waals surface area contributed by atoms with Crippen LogP contribution in [0, 0.1) is 5.92 Å². The maximum Gasteiger partial charge on any atom is 0.243 e. The number of allylic oxidation sites excluding steroid dienone is 5. The van der Waals surface area contributed by atoms with E-state index < -0.39 is 5.38 Å². The normalized spacial score (nSPS) is 32.6. The molecule has 1 aliphatic carbocycles. The van der Waals surface area contributed by atoms with Crippen LogP contribution in [-0.4, -0.2) is 11.3 Å². The largest absolute Gasteiger partial charge is 0.315 e. The van der Waals surface area contributed by atoms with Gasteiger partial charge >= 0.3 is 0 Å². The molecule has 0 spiro atoms. The predicted octanol–water partition coefficient (Wildman–Crippen LogP) is 4.26. The van der Waals surface area contributed by atoms with Crippen molar-refractivity contribution in [1.82, 2.24) is 5.32 Å². The third-order valence-electron chi connectivity index (χ3n) is 3.62. The summed E-state index contributed by atoms with van der Waals surface area (Å²) >= 11 is 12.4. The highest BCUT2D eigenvalue weighted by Gasteiger charge is 2.34. The van der Waals surface area contributed by atoms with Crippen molar-refractivity contribution in [3.8, 4) is 0 Å². The fraction of sp³-hybridized carbons (Fsp3) is 0.533. The number of fused-ring (bicyclic) bond motifs is 1. The number of rotatable bonds is 0. The zero-order valence-corrected chi connectivity index (χ0v) is 12.4. The molecule has 1 aliphatic heterocycles. The second-order valence-electron chi connectivity index (χ2n) is 4.97. The lowest BCUT2D eigenvalue weighted by Gasteiger charge is -2.30. The first kappa shape index (κ1) is 14.7. The third kappa shape index (κ3) is 3.87. The van der Waals surface area contributed by atoms with Gasteiger partial charge in [0.25, 0.3) is 0 Å². The van der Waals surface area contributed by atoms with Gasteiger partial charge in [0.2, 0.25) is 5.91 Å². The molecule has 0 radical (unpaired) electrons. The van der Waals surface area contributed by atoms with Gasteiger partial charge in [0, 0.05) is 5.92 Å². The van der Waals surface area contributed by atoms with Crippen molar-refractivity contribution in [1.29, 1.82) is 0 Å². The van der Waals surface area contributed by atoms with E-state index in [1.54, 1.807) is 0 Å². The highest BCUT2D eigenvalue weighted by molar-refractivity contribution is 6.35. The van der Waals surface area contributed by atoms with Crippen molar-refractivity contribution in [2.45, 2.75) is 43.9 Å². The molecule has 2 rings (SSSR count). The lowest BCUT2D eigenvalue weighted by Crippen LogP contribution is -2.41.